The van der Waals surface area contributed by atoms with Crippen LogP contribution in [0.4, 0.5) is 0 Å². The Bertz CT molecular complexity index is 549. The summed E-state index contributed by atoms with van der Waals surface area (Å²) in [6, 6.07) is 7.77. The molecule has 1 unspecified atom stereocenters. The third-order valence-corrected chi connectivity index (χ3v) is 5.62. The zero-order valence-corrected chi connectivity index (χ0v) is 15.9. The Morgan fingerprint density at radius 3 is 2.60 bits per heavy atom. The van der Waals surface area contributed by atoms with Crippen LogP contribution in [0.1, 0.15) is 38.2 Å². The van der Waals surface area contributed by atoms with Crippen molar-refractivity contribution < 1.29 is 9.53 Å². The number of halogens is 1. The molecule has 2 aliphatic heterocycles. The lowest BCUT2D eigenvalue weighted by Gasteiger charge is -2.33. The molecule has 1 aromatic carbocycles. The smallest absolute Gasteiger partial charge is 0.252 e. The molecule has 2 fully saturated rings. The number of ether oxygens (including phenoxy) is 1. The standard InChI is InChI=1S/C20H29ClN2O2/c1-16-8-10-22(11-9-16)12-13-23(20(24)19-3-2-14-25-19)15-17-4-6-18(21)7-5-17/h4-7,16,19H,2-3,8-15H2,1H3. The molecular weight excluding hydrogens is 336 g/mol. The van der Waals surface area contributed by atoms with Gasteiger partial charge in [0, 0.05) is 31.3 Å². The highest BCUT2D eigenvalue weighted by atomic mass is 35.5. The highest BCUT2D eigenvalue weighted by Crippen LogP contribution is 2.19. The second kappa shape index (κ2) is 9.02. The molecule has 1 atom stereocenters. The van der Waals surface area contributed by atoms with E-state index in [4.69, 9.17) is 16.3 Å². The van der Waals surface area contributed by atoms with Crippen molar-refractivity contribution in [3.05, 3.63) is 34.9 Å². The molecule has 2 heterocycles. The molecule has 0 aliphatic carbocycles. The van der Waals surface area contributed by atoms with Crippen molar-refractivity contribution in [3.8, 4) is 0 Å². The Kier molecular flexibility index (Phi) is 6.74. The predicted octanol–water partition coefficient (Wildman–Crippen LogP) is 3.58. The molecule has 1 aromatic rings. The maximum absolute atomic E-state index is 12.9. The molecule has 0 spiro atoms. The van der Waals surface area contributed by atoms with E-state index < -0.39 is 0 Å². The maximum atomic E-state index is 12.9. The van der Waals surface area contributed by atoms with E-state index in [-0.39, 0.29) is 12.0 Å². The summed E-state index contributed by atoms with van der Waals surface area (Å²) < 4.78 is 5.63. The van der Waals surface area contributed by atoms with Crippen LogP contribution in [-0.2, 0) is 16.1 Å². The van der Waals surface area contributed by atoms with E-state index in [1.54, 1.807) is 0 Å². The van der Waals surface area contributed by atoms with Crippen molar-refractivity contribution in [2.45, 2.75) is 45.3 Å². The zero-order chi connectivity index (χ0) is 17.6. The monoisotopic (exact) mass is 364 g/mol. The van der Waals surface area contributed by atoms with Gasteiger partial charge in [-0.05, 0) is 62.4 Å². The van der Waals surface area contributed by atoms with Crippen LogP contribution in [-0.4, -0.2) is 54.6 Å². The van der Waals surface area contributed by atoms with Crippen LogP contribution < -0.4 is 0 Å². The maximum Gasteiger partial charge on any atom is 0.252 e. The first-order chi connectivity index (χ1) is 12.1. The second-order valence-corrected chi connectivity index (χ2v) is 7.85. The van der Waals surface area contributed by atoms with Gasteiger partial charge in [-0.25, -0.2) is 0 Å². The van der Waals surface area contributed by atoms with Crippen molar-refractivity contribution in [1.82, 2.24) is 9.80 Å². The first-order valence-corrected chi connectivity index (χ1v) is 9.87. The van der Waals surface area contributed by atoms with Crippen molar-refractivity contribution in [1.29, 1.82) is 0 Å². The van der Waals surface area contributed by atoms with Crippen molar-refractivity contribution in [2.75, 3.05) is 32.8 Å². The number of rotatable bonds is 6. The average Bonchev–Trinajstić information content (AvgIpc) is 3.16. The third-order valence-electron chi connectivity index (χ3n) is 5.37. The van der Waals surface area contributed by atoms with Crippen LogP contribution in [0.3, 0.4) is 0 Å². The summed E-state index contributed by atoms with van der Waals surface area (Å²) in [5.41, 5.74) is 1.11. The van der Waals surface area contributed by atoms with E-state index in [0.717, 1.165) is 55.5 Å². The summed E-state index contributed by atoms with van der Waals surface area (Å²) in [4.78, 5) is 17.4. The fraction of sp³-hybridized carbons (Fsp3) is 0.650. The second-order valence-electron chi connectivity index (χ2n) is 7.41. The lowest BCUT2D eigenvalue weighted by atomic mass is 9.99. The quantitative estimate of drug-likeness (QED) is 0.773. The van der Waals surface area contributed by atoms with E-state index in [9.17, 15) is 4.79 Å². The molecular formula is C20H29ClN2O2. The molecule has 2 saturated heterocycles. The molecule has 0 N–H and O–H groups in total. The molecule has 5 heteroatoms. The highest BCUT2D eigenvalue weighted by Gasteiger charge is 2.28. The molecule has 0 bridgehead atoms. The van der Waals surface area contributed by atoms with Gasteiger partial charge < -0.3 is 14.5 Å². The molecule has 0 aromatic heterocycles. The molecule has 1 amide bonds. The van der Waals surface area contributed by atoms with Crippen LogP contribution in [0.15, 0.2) is 24.3 Å². The number of carbonyl (C=O) groups is 1. The lowest BCUT2D eigenvalue weighted by Crippen LogP contribution is -2.44. The van der Waals surface area contributed by atoms with Gasteiger partial charge in [0.2, 0.25) is 0 Å². The van der Waals surface area contributed by atoms with Crippen molar-refractivity contribution >= 4 is 17.5 Å². The zero-order valence-electron chi connectivity index (χ0n) is 15.1. The van der Waals surface area contributed by atoms with Crippen LogP contribution >= 0.6 is 11.6 Å². The fourth-order valence-electron chi connectivity index (χ4n) is 3.60. The Hall–Kier alpha value is -1.10. The van der Waals surface area contributed by atoms with Crippen LogP contribution in [0, 0.1) is 5.92 Å². The lowest BCUT2D eigenvalue weighted by molar-refractivity contribution is -0.141. The first kappa shape index (κ1) is 18.7. The van der Waals surface area contributed by atoms with E-state index in [1.807, 2.05) is 29.2 Å². The number of nitrogens with zero attached hydrogens (tertiary/aromatic N) is 2. The largest absolute Gasteiger partial charge is 0.368 e. The number of amides is 1. The van der Waals surface area contributed by atoms with Crippen LogP contribution in [0.2, 0.25) is 5.02 Å². The number of carbonyl (C=O) groups excluding carboxylic acids is 1. The summed E-state index contributed by atoms with van der Waals surface area (Å²) in [5.74, 6) is 0.966. The Morgan fingerprint density at radius 1 is 1.24 bits per heavy atom. The molecule has 138 valence electrons. The number of piperidine rings is 1. The van der Waals surface area contributed by atoms with Gasteiger partial charge in [0.05, 0.1) is 0 Å². The van der Waals surface area contributed by atoms with Crippen molar-refractivity contribution in [2.24, 2.45) is 5.92 Å². The van der Waals surface area contributed by atoms with Crippen LogP contribution in [0.5, 0.6) is 0 Å². The SMILES string of the molecule is CC1CCN(CCN(Cc2ccc(Cl)cc2)C(=O)C2CCCO2)CC1. The van der Waals surface area contributed by atoms with Crippen molar-refractivity contribution in [3.63, 3.8) is 0 Å². The highest BCUT2D eigenvalue weighted by molar-refractivity contribution is 6.30. The summed E-state index contributed by atoms with van der Waals surface area (Å²) in [7, 11) is 0. The Balaban J connectivity index is 1.61. The van der Waals surface area contributed by atoms with E-state index in [2.05, 4.69) is 11.8 Å². The first-order valence-electron chi connectivity index (χ1n) is 9.49. The van der Waals surface area contributed by atoms with E-state index >= 15 is 0 Å². The number of likely N-dealkylation sites (tertiary alicyclic amines) is 1. The number of hydrogen-bond acceptors (Lipinski definition) is 3. The summed E-state index contributed by atoms with van der Waals surface area (Å²) in [6.45, 7) is 7.64. The van der Waals surface area contributed by atoms with Gasteiger partial charge in [0.1, 0.15) is 6.10 Å². The van der Waals surface area contributed by atoms with E-state index in [1.165, 1.54) is 12.8 Å². The summed E-state index contributed by atoms with van der Waals surface area (Å²) in [6.07, 6.45) is 4.09. The predicted molar refractivity (Wildman–Crippen MR) is 101 cm³/mol. The average molecular weight is 365 g/mol. The van der Waals surface area contributed by atoms with E-state index in [0.29, 0.717) is 13.2 Å². The van der Waals surface area contributed by atoms with Gasteiger partial charge in [-0.3, -0.25) is 4.79 Å². The minimum Gasteiger partial charge on any atom is -0.368 e. The van der Waals surface area contributed by atoms with Gasteiger partial charge in [0.15, 0.2) is 0 Å². The molecule has 25 heavy (non-hydrogen) atoms. The fourth-order valence-corrected chi connectivity index (χ4v) is 3.73. The van der Waals surface area contributed by atoms with Gasteiger partial charge >= 0.3 is 0 Å². The van der Waals surface area contributed by atoms with Crippen LogP contribution in [0.25, 0.3) is 0 Å². The third kappa shape index (κ3) is 5.44. The van der Waals surface area contributed by atoms with Gasteiger partial charge in [-0.2, -0.15) is 0 Å². The minimum absolute atomic E-state index is 0.137. The van der Waals surface area contributed by atoms with Gasteiger partial charge in [-0.1, -0.05) is 30.7 Å². The Morgan fingerprint density at radius 2 is 1.96 bits per heavy atom. The molecule has 0 radical (unpaired) electrons. The molecule has 4 nitrogen and oxygen atoms in total. The van der Waals surface area contributed by atoms with Gasteiger partial charge in [-0.15, -0.1) is 0 Å². The molecule has 3 rings (SSSR count). The van der Waals surface area contributed by atoms with Gasteiger partial charge in [0.25, 0.3) is 5.91 Å². The minimum atomic E-state index is -0.256. The topological polar surface area (TPSA) is 32.8 Å². The Labute approximate surface area is 156 Å². The number of benzene rings is 1. The summed E-state index contributed by atoms with van der Waals surface area (Å²) >= 11 is 5.98. The number of hydrogen-bond donors (Lipinski definition) is 0. The summed E-state index contributed by atoms with van der Waals surface area (Å²) in [5, 5.41) is 0.725. The normalized spacial score (nSPS) is 22.2. The molecule has 0 saturated carbocycles. The molecule has 2 aliphatic rings.